The first-order valence-corrected chi connectivity index (χ1v) is 16.4. The molecule has 2 aliphatic rings. The molecule has 0 aromatic heterocycles. The lowest BCUT2D eigenvalue weighted by atomic mass is 9.99. The molecule has 0 amide bonds. The minimum Gasteiger partial charge on any atom is -0.417 e. The van der Waals surface area contributed by atoms with Gasteiger partial charge < -0.3 is 18.6 Å². The molecular weight excluding hydrogens is 460 g/mol. The Hall–Kier alpha value is -0.813. The van der Waals surface area contributed by atoms with Crippen LogP contribution < -0.4 is 0 Å². The third-order valence-electron chi connectivity index (χ3n) is 6.95. The van der Waals surface area contributed by atoms with Crippen molar-refractivity contribution in [2.45, 2.75) is 96.0 Å². The number of benzene rings is 1. The van der Waals surface area contributed by atoms with E-state index in [2.05, 4.69) is 33.9 Å². The van der Waals surface area contributed by atoms with Gasteiger partial charge in [-0.2, -0.15) is 8.42 Å². The van der Waals surface area contributed by atoms with Gasteiger partial charge in [0.1, 0.15) is 18.3 Å². The minimum atomic E-state index is -3.72. The summed E-state index contributed by atoms with van der Waals surface area (Å²) in [6.07, 6.45) is -0.380. The fourth-order valence-electron chi connectivity index (χ4n) is 4.30. The van der Waals surface area contributed by atoms with Gasteiger partial charge in [0.2, 0.25) is 0 Å². The third kappa shape index (κ3) is 6.65. The Bertz CT molecular complexity index is 895. The summed E-state index contributed by atoms with van der Waals surface area (Å²) in [7, 11) is -5.66. The van der Waals surface area contributed by atoms with Crippen molar-refractivity contribution >= 4 is 18.4 Å². The van der Waals surface area contributed by atoms with Gasteiger partial charge in [0.25, 0.3) is 10.1 Å². The topological polar surface area (TPSA) is 80.3 Å². The first-order chi connectivity index (χ1) is 15.1. The summed E-state index contributed by atoms with van der Waals surface area (Å²) in [6.45, 7) is 15.6. The van der Waals surface area contributed by atoms with Crippen molar-refractivity contribution in [2.24, 2.45) is 5.92 Å². The molecule has 0 spiro atoms. The molecule has 1 heterocycles. The van der Waals surface area contributed by atoms with Crippen molar-refractivity contribution in [3.05, 3.63) is 35.9 Å². The second-order valence-electron chi connectivity index (χ2n) is 11.2. The van der Waals surface area contributed by atoms with Gasteiger partial charge in [-0.1, -0.05) is 51.1 Å². The van der Waals surface area contributed by atoms with Crippen LogP contribution in [0.15, 0.2) is 30.3 Å². The predicted molar refractivity (Wildman–Crippen MR) is 130 cm³/mol. The molecule has 1 aromatic rings. The molecule has 3 rings (SSSR count). The molecule has 1 aliphatic carbocycles. The zero-order chi connectivity index (χ0) is 24.7. The zero-order valence-electron chi connectivity index (χ0n) is 21.2. The van der Waals surface area contributed by atoms with Crippen LogP contribution in [0.25, 0.3) is 0 Å². The quantitative estimate of drug-likeness (QED) is 0.365. The van der Waals surface area contributed by atoms with Crippen molar-refractivity contribution in [3.8, 4) is 0 Å². The third-order valence-corrected chi connectivity index (χ3v) is 12.1. The van der Waals surface area contributed by atoms with Crippen molar-refractivity contribution < 1.29 is 31.2 Å². The number of fused-ring (bicyclic) bond motifs is 1. The molecule has 1 aliphatic heterocycles. The van der Waals surface area contributed by atoms with E-state index < -0.39 is 42.5 Å². The van der Waals surface area contributed by atoms with Gasteiger partial charge in [-0.3, -0.25) is 4.18 Å². The Balaban J connectivity index is 1.82. The lowest BCUT2D eigenvalue weighted by Gasteiger charge is -2.37. The maximum Gasteiger partial charge on any atom is 0.264 e. The van der Waals surface area contributed by atoms with Crippen LogP contribution in [0, 0.1) is 5.92 Å². The van der Waals surface area contributed by atoms with Crippen molar-refractivity contribution in [1.29, 1.82) is 0 Å². The molecule has 0 N–H and O–H groups in total. The molecule has 1 saturated carbocycles. The highest BCUT2D eigenvalue weighted by Gasteiger charge is 2.60. The van der Waals surface area contributed by atoms with E-state index in [0.717, 1.165) is 11.8 Å². The highest BCUT2D eigenvalue weighted by molar-refractivity contribution is 7.86. The average Bonchev–Trinajstić information content (AvgIpc) is 3.10. The Kier molecular flexibility index (Phi) is 7.86. The molecule has 0 radical (unpaired) electrons. The molecule has 0 bridgehead atoms. The number of rotatable bonds is 9. The summed E-state index contributed by atoms with van der Waals surface area (Å²) in [5.41, 5.74) is 0.995. The van der Waals surface area contributed by atoms with Crippen LogP contribution >= 0.6 is 0 Å². The van der Waals surface area contributed by atoms with E-state index in [-0.39, 0.29) is 17.1 Å². The second-order valence-corrected chi connectivity index (χ2v) is 17.6. The summed E-state index contributed by atoms with van der Waals surface area (Å²) in [5, 5.41) is 0.0875. The maximum absolute atomic E-state index is 12.2. The summed E-state index contributed by atoms with van der Waals surface area (Å²) in [4.78, 5) is 0. The monoisotopic (exact) mass is 500 g/mol. The molecule has 7 nitrogen and oxygen atoms in total. The zero-order valence-corrected chi connectivity index (χ0v) is 23.0. The van der Waals surface area contributed by atoms with Gasteiger partial charge in [0.05, 0.1) is 19.0 Å². The second kappa shape index (κ2) is 9.68. The van der Waals surface area contributed by atoms with Crippen LogP contribution in [0.4, 0.5) is 0 Å². The normalized spacial score (nSPS) is 29.9. The van der Waals surface area contributed by atoms with Crippen LogP contribution in [0.2, 0.25) is 18.1 Å². The Labute approximate surface area is 200 Å². The van der Waals surface area contributed by atoms with Gasteiger partial charge in [-0.15, -0.1) is 0 Å². The van der Waals surface area contributed by atoms with Crippen LogP contribution in [-0.2, 0) is 39.5 Å². The Morgan fingerprint density at radius 2 is 1.64 bits per heavy atom. The van der Waals surface area contributed by atoms with Crippen LogP contribution in [0.5, 0.6) is 0 Å². The maximum atomic E-state index is 12.2. The first-order valence-electron chi connectivity index (χ1n) is 11.6. The molecule has 188 valence electrons. The van der Waals surface area contributed by atoms with E-state index in [1.807, 2.05) is 44.2 Å². The Morgan fingerprint density at radius 3 is 2.21 bits per heavy atom. The molecule has 5 atom stereocenters. The number of ether oxygens (including phenoxy) is 3. The lowest BCUT2D eigenvalue weighted by molar-refractivity contribution is -0.186. The van der Waals surface area contributed by atoms with E-state index in [9.17, 15) is 8.42 Å². The SMILES string of the molecule is CC1(C)O[C@@H]2[C@@H](OCc3ccccc3)[C@H](OS(C)(=O)=O)[C@H](CCO[Si](C)(C)C(C)(C)C)[C@@H]2O1. The largest absolute Gasteiger partial charge is 0.417 e. The average molecular weight is 501 g/mol. The summed E-state index contributed by atoms with van der Waals surface area (Å²) in [5.74, 6) is -1.02. The van der Waals surface area contributed by atoms with Crippen LogP contribution in [0.1, 0.15) is 46.6 Å². The standard InChI is InChI=1S/C24H40O7SSi/c1-23(2,3)33(7,8)28-15-14-18-19-22(30-24(4,5)29-19)21(20(18)31-32(6,25)26)27-16-17-12-10-9-11-13-17/h9-13,18-22H,14-16H2,1-8H3/t18-,19+,20-,21+,22+/m1/s1. The number of hydrogen-bond donors (Lipinski definition) is 0. The molecule has 33 heavy (non-hydrogen) atoms. The van der Waals surface area contributed by atoms with Crippen LogP contribution in [-0.4, -0.2) is 59.8 Å². The molecule has 2 fully saturated rings. The fraction of sp³-hybridized carbons (Fsp3) is 0.750. The first kappa shape index (κ1) is 26.8. The predicted octanol–water partition coefficient (Wildman–Crippen LogP) is 4.48. The van der Waals surface area contributed by atoms with Gasteiger partial charge in [-0.25, -0.2) is 0 Å². The van der Waals surface area contributed by atoms with Gasteiger partial charge in [0.15, 0.2) is 14.1 Å². The molecule has 9 heteroatoms. The smallest absolute Gasteiger partial charge is 0.264 e. The fourth-order valence-corrected chi connectivity index (χ4v) is 6.02. The summed E-state index contributed by atoms with van der Waals surface area (Å²) >= 11 is 0. The van der Waals surface area contributed by atoms with Crippen LogP contribution in [0.3, 0.4) is 0 Å². The summed E-state index contributed by atoms with van der Waals surface area (Å²) in [6, 6.07) is 9.78. The van der Waals surface area contributed by atoms with Gasteiger partial charge in [0, 0.05) is 12.5 Å². The Morgan fingerprint density at radius 1 is 1.03 bits per heavy atom. The lowest BCUT2D eigenvalue weighted by Crippen LogP contribution is -2.43. The van der Waals surface area contributed by atoms with Gasteiger partial charge >= 0.3 is 0 Å². The van der Waals surface area contributed by atoms with Crippen molar-refractivity contribution in [2.75, 3.05) is 12.9 Å². The van der Waals surface area contributed by atoms with E-state index in [1.165, 1.54) is 0 Å². The van der Waals surface area contributed by atoms with E-state index in [0.29, 0.717) is 19.6 Å². The van der Waals surface area contributed by atoms with Gasteiger partial charge in [-0.05, 0) is 44.0 Å². The molecule has 1 saturated heterocycles. The van der Waals surface area contributed by atoms with E-state index in [4.69, 9.17) is 22.8 Å². The highest BCUT2D eigenvalue weighted by atomic mass is 32.2. The summed E-state index contributed by atoms with van der Waals surface area (Å²) < 4.78 is 55.1. The molecular formula is C24H40O7SSi. The highest BCUT2D eigenvalue weighted by Crippen LogP contribution is 2.46. The van der Waals surface area contributed by atoms with E-state index in [1.54, 1.807) is 0 Å². The van der Waals surface area contributed by atoms with Crippen molar-refractivity contribution in [3.63, 3.8) is 0 Å². The number of hydrogen-bond acceptors (Lipinski definition) is 7. The minimum absolute atomic E-state index is 0.0875. The molecule has 0 unspecified atom stereocenters. The van der Waals surface area contributed by atoms with E-state index >= 15 is 0 Å². The molecule has 1 aromatic carbocycles. The van der Waals surface area contributed by atoms with Crippen molar-refractivity contribution in [1.82, 2.24) is 0 Å².